The fraction of sp³-hybridized carbons (Fsp3) is 0.176. The number of benzene rings is 2. The maximum Gasteiger partial charge on any atom is 0.338 e. The number of amides is 1. The number of hydrogen-bond acceptors (Lipinski definition) is 3. The van der Waals surface area contributed by atoms with Crippen molar-refractivity contribution in [2.24, 2.45) is 0 Å². The van der Waals surface area contributed by atoms with Gasteiger partial charge in [-0.25, -0.2) is 9.18 Å². The van der Waals surface area contributed by atoms with Crippen LogP contribution in [-0.2, 0) is 16.1 Å². The number of carbonyl (C=O) groups excluding carboxylic acids is 2. The van der Waals surface area contributed by atoms with Gasteiger partial charge in [0.15, 0.2) is 0 Å². The average Bonchev–Trinajstić information content (AvgIpc) is 2.54. The summed E-state index contributed by atoms with van der Waals surface area (Å²) in [7, 11) is 0. The Morgan fingerprint density at radius 3 is 2.48 bits per heavy atom. The van der Waals surface area contributed by atoms with E-state index in [1.807, 2.05) is 0 Å². The van der Waals surface area contributed by atoms with Gasteiger partial charge in [0.2, 0.25) is 5.91 Å². The molecule has 120 valence electrons. The van der Waals surface area contributed by atoms with E-state index in [4.69, 9.17) is 16.3 Å². The minimum atomic E-state index is -0.599. The van der Waals surface area contributed by atoms with Crippen LogP contribution in [0.15, 0.2) is 42.5 Å². The second kappa shape index (κ2) is 7.74. The highest BCUT2D eigenvalue weighted by molar-refractivity contribution is 6.31. The van der Waals surface area contributed by atoms with E-state index in [1.54, 1.807) is 19.1 Å². The minimum absolute atomic E-state index is 0.116. The van der Waals surface area contributed by atoms with E-state index in [0.717, 1.165) is 0 Å². The summed E-state index contributed by atoms with van der Waals surface area (Å²) >= 11 is 5.87. The van der Waals surface area contributed by atoms with Crippen molar-refractivity contribution in [1.82, 2.24) is 0 Å². The highest BCUT2D eigenvalue weighted by atomic mass is 35.5. The molecule has 23 heavy (non-hydrogen) atoms. The van der Waals surface area contributed by atoms with Crippen LogP contribution in [0.4, 0.5) is 10.1 Å². The lowest BCUT2D eigenvalue weighted by Crippen LogP contribution is -2.10. The molecular weight excluding hydrogens is 321 g/mol. The summed E-state index contributed by atoms with van der Waals surface area (Å²) in [6.07, 6.45) is 0.368. The first-order valence-corrected chi connectivity index (χ1v) is 7.39. The van der Waals surface area contributed by atoms with Gasteiger partial charge in [0.05, 0.1) is 10.6 Å². The van der Waals surface area contributed by atoms with Crippen molar-refractivity contribution in [1.29, 1.82) is 0 Å². The Balaban J connectivity index is 1.99. The van der Waals surface area contributed by atoms with Crippen molar-refractivity contribution in [3.63, 3.8) is 0 Å². The number of esters is 1. The lowest BCUT2D eigenvalue weighted by molar-refractivity contribution is -0.115. The summed E-state index contributed by atoms with van der Waals surface area (Å²) in [5.41, 5.74) is 1.02. The van der Waals surface area contributed by atoms with Crippen molar-refractivity contribution < 1.29 is 18.7 Å². The van der Waals surface area contributed by atoms with Crippen LogP contribution in [0.2, 0.25) is 5.02 Å². The van der Waals surface area contributed by atoms with Crippen molar-refractivity contribution in [3.8, 4) is 0 Å². The van der Waals surface area contributed by atoms with E-state index >= 15 is 0 Å². The molecular formula is C17H15ClFNO3. The van der Waals surface area contributed by atoms with Crippen LogP contribution in [0.5, 0.6) is 0 Å². The molecule has 0 saturated carbocycles. The van der Waals surface area contributed by atoms with Gasteiger partial charge in [-0.15, -0.1) is 0 Å². The Labute approximate surface area is 138 Å². The Morgan fingerprint density at radius 1 is 1.17 bits per heavy atom. The van der Waals surface area contributed by atoms with Gasteiger partial charge in [-0.05, 0) is 36.4 Å². The number of halogens is 2. The van der Waals surface area contributed by atoms with Crippen LogP contribution in [0, 0.1) is 5.82 Å². The van der Waals surface area contributed by atoms with Gasteiger partial charge in [-0.1, -0.05) is 24.6 Å². The van der Waals surface area contributed by atoms with Gasteiger partial charge < -0.3 is 10.1 Å². The van der Waals surface area contributed by atoms with Gasteiger partial charge in [-0.2, -0.15) is 0 Å². The van der Waals surface area contributed by atoms with E-state index in [9.17, 15) is 14.0 Å². The third-order valence-corrected chi connectivity index (χ3v) is 3.49. The molecule has 0 fully saturated rings. The molecule has 0 unspecified atom stereocenters. The molecule has 0 saturated heterocycles. The maximum atomic E-state index is 13.6. The Hall–Kier alpha value is -2.40. The Bertz CT molecular complexity index is 696. The molecule has 2 rings (SSSR count). The van der Waals surface area contributed by atoms with Gasteiger partial charge in [0, 0.05) is 17.7 Å². The highest BCUT2D eigenvalue weighted by Crippen LogP contribution is 2.20. The molecule has 1 amide bonds. The third kappa shape index (κ3) is 4.53. The first-order valence-electron chi connectivity index (χ1n) is 7.01. The monoisotopic (exact) mass is 335 g/mol. The Morgan fingerprint density at radius 2 is 1.87 bits per heavy atom. The molecule has 0 heterocycles. The van der Waals surface area contributed by atoms with E-state index in [0.29, 0.717) is 17.7 Å². The predicted octanol–water partition coefficient (Wildman–Crippen LogP) is 4.18. The normalized spacial score (nSPS) is 10.2. The van der Waals surface area contributed by atoms with Gasteiger partial charge in [-0.3, -0.25) is 4.79 Å². The molecule has 0 radical (unpaired) electrons. The SMILES string of the molecule is CCC(=O)Nc1ccc(C(=O)OCc2c(F)cccc2Cl)cc1. The first-order chi connectivity index (χ1) is 11.0. The van der Waals surface area contributed by atoms with Crippen molar-refractivity contribution >= 4 is 29.2 Å². The summed E-state index contributed by atoms with van der Waals surface area (Å²) in [5, 5.41) is 2.88. The quantitative estimate of drug-likeness (QED) is 0.834. The number of anilines is 1. The molecule has 0 atom stereocenters. The van der Waals surface area contributed by atoms with Crippen LogP contribution < -0.4 is 5.32 Å². The standard InChI is InChI=1S/C17H15ClFNO3/c1-2-16(21)20-12-8-6-11(7-9-12)17(22)23-10-13-14(18)4-3-5-15(13)19/h3-9H,2,10H2,1H3,(H,20,21). The van der Waals surface area contributed by atoms with Crippen molar-refractivity contribution in [2.45, 2.75) is 20.0 Å². The zero-order valence-corrected chi connectivity index (χ0v) is 13.2. The van der Waals surface area contributed by atoms with E-state index in [-0.39, 0.29) is 23.1 Å². The summed E-state index contributed by atoms with van der Waals surface area (Å²) in [6, 6.07) is 10.5. The van der Waals surface area contributed by atoms with E-state index in [2.05, 4.69) is 5.32 Å². The fourth-order valence-electron chi connectivity index (χ4n) is 1.83. The molecule has 0 aliphatic carbocycles. The number of carbonyl (C=O) groups is 2. The van der Waals surface area contributed by atoms with Crippen LogP contribution in [0.3, 0.4) is 0 Å². The Kier molecular flexibility index (Phi) is 5.71. The summed E-state index contributed by atoms with van der Waals surface area (Å²) in [5.74, 6) is -1.24. The molecule has 0 aliphatic heterocycles. The first kappa shape index (κ1) is 17.0. The van der Waals surface area contributed by atoms with E-state index < -0.39 is 11.8 Å². The zero-order chi connectivity index (χ0) is 16.8. The number of hydrogen-bond donors (Lipinski definition) is 1. The number of rotatable bonds is 5. The average molecular weight is 336 g/mol. The molecule has 2 aromatic carbocycles. The van der Waals surface area contributed by atoms with Gasteiger partial charge >= 0.3 is 5.97 Å². The second-order valence-electron chi connectivity index (χ2n) is 4.76. The lowest BCUT2D eigenvalue weighted by Gasteiger charge is -2.08. The lowest BCUT2D eigenvalue weighted by atomic mass is 10.2. The molecule has 0 spiro atoms. The molecule has 6 heteroatoms. The largest absolute Gasteiger partial charge is 0.457 e. The van der Waals surface area contributed by atoms with Crippen LogP contribution >= 0.6 is 11.6 Å². The molecule has 4 nitrogen and oxygen atoms in total. The summed E-state index contributed by atoms with van der Waals surface area (Å²) in [6.45, 7) is 1.49. The molecule has 0 bridgehead atoms. The number of nitrogens with one attached hydrogen (secondary N) is 1. The van der Waals surface area contributed by atoms with Crippen LogP contribution in [0.1, 0.15) is 29.3 Å². The third-order valence-electron chi connectivity index (χ3n) is 3.13. The predicted molar refractivity (Wildman–Crippen MR) is 85.9 cm³/mol. The summed E-state index contributed by atoms with van der Waals surface area (Å²) < 4.78 is 18.7. The van der Waals surface area contributed by atoms with Crippen molar-refractivity contribution in [3.05, 3.63) is 64.4 Å². The topological polar surface area (TPSA) is 55.4 Å². The zero-order valence-electron chi connectivity index (χ0n) is 12.4. The molecule has 1 N–H and O–H groups in total. The molecule has 0 aliphatic rings. The van der Waals surface area contributed by atoms with Crippen LogP contribution in [-0.4, -0.2) is 11.9 Å². The van der Waals surface area contributed by atoms with Gasteiger partial charge in [0.25, 0.3) is 0 Å². The van der Waals surface area contributed by atoms with E-state index in [1.165, 1.54) is 30.3 Å². The molecule has 0 aromatic heterocycles. The number of ether oxygens (including phenoxy) is 1. The fourth-order valence-corrected chi connectivity index (χ4v) is 2.05. The van der Waals surface area contributed by atoms with Gasteiger partial charge in [0.1, 0.15) is 12.4 Å². The summed E-state index contributed by atoms with van der Waals surface area (Å²) in [4.78, 5) is 23.2. The minimum Gasteiger partial charge on any atom is -0.457 e. The smallest absolute Gasteiger partial charge is 0.338 e. The highest BCUT2D eigenvalue weighted by Gasteiger charge is 2.12. The maximum absolute atomic E-state index is 13.6. The van der Waals surface area contributed by atoms with Crippen LogP contribution in [0.25, 0.3) is 0 Å². The second-order valence-corrected chi connectivity index (χ2v) is 5.16. The van der Waals surface area contributed by atoms with Crippen molar-refractivity contribution in [2.75, 3.05) is 5.32 Å². The molecule has 2 aromatic rings.